The van der Waals surface area contributed by atoms with Crippen molar-refractivity contribution in [3.63, 3.8) is 0 Å². The highest BCUT2D eigenvalue weighted by Crippen LogP contribution is 2.50. The molecular formula is C16H26N2O. The van der Waals surface area contributed by atoms with E-state index in [2.05, 4.69) is 32.0 Å². The first-order chi connectivity index (χ1) is 9.04. The minimum Gasteiger partial charge on any atom is -0.496 e. The van der Waals surface area contributed by atoms with Gasteiger partial charge in [-0.1, -0.05) is 32.4 Å². The molecule has 106 valence electrons. The van der Waals surface area contributed by atoms with Crippen LogP contribution in [0.1, 0.15) is 56.2 Å². The second-order valence-corrected chi connectivity index (χ2v) is 6.05. The van der Waals surface area contributed by atoms with E-state index in [4.69, 9.17) is 16.2 Å². The zero-order valence-electron chi connectivity index (χ0n) is 12.3. The lowest BCUT2D eigenvalue weighted by Gasteiger charge is -2.46. The van der Waals surface area contributed by atoms with E-state index in [9.17, 15) is 0 Å². The second-order valence-electron chi connectivity index (χ2n) is 6.05. The summed E-state index contributed by atoms with van der Waals surface area (Å²) in [6, 6.07) is 6.37. The molecule has 3 heteroatoms. The Labute approximate surface area is 116 Å². The Morgan fingerprint density at radius 1 is 1.32 bits per heavy atom. The standard InChI is InChI=1S/C16H26N2O/c1-11(2)12-5-6-13(14(9-12)19-3)15(18)16(10-17)7-4-8-16/h5-6,9,11,15H,4,7-8,10,17-18H2,1-3H3. The first-order valence-corrected chi connectivity index (χ1v) is 7.17. The topological polar surface area (TPSA) is 61.3 Å². The van der Waals surface area contributed by atoms with Crippen LogP contribution in [0.4, 0.5) is 0 Å². The van der Waals surface area contributed by atoms with Gasteiger partial charge in [0.2, 0.25) is 0 Å². The van der Waals surface area contributed by atoms with Gasteiger partial charge in [-0.05, 0) is 36.9 Å². The molecular weight excluding hydrogens is 236 g/mol. The molecule has 0 amide bonds. The van der Waals surface area contributed by atoms with Crippen LogP contribution in [0, 0.1) is 5.41 Å². The molecule has 4 N–H and O–H groups in total. The largest absolute Gasteiger partial charge is 0.496 e. The molecule has 0 aromatic heterocycles. The zero-order valence-corrected chi connectivity index (χ0v) is 12.3. The van der Waals surface area contributed by atoms with E-state index in [0.717, 1.165) is 24.2 Å². The molecule has 1 atom stereocenters. The highest BCUT2D eigenvalue weighted by atomic mass is 16.5. The van der Waals surface area contributed by atoms with Crippen molar-refractivity contribution >= 4 is 0 Å². The van der Waals surface area contributed by atoms with Crippen molar-refractivity contribution < 1.29 is 4.74 Å². The predicted octanol–water partition coefficient (Wildman–Crippen LogP) is 2.95. The monoisotopic (exact) mass is 262 g/mol. The zero-order chi connectivity index (χ0) is 14.0. The van der Waals surface area contributed by atoms with Gasteiger partial charge in [0, 0.05) is 17.0 Å². The predicted molar refractivity (Wildman–Crippen MR) is 79.3 cm³/mol. The van der Waals surface area contributed by atoms with Gasteiger partial charge in [0.25, 0.3) is 0 Å². The number of rotatable bonds is 5. The summed E-state index contributed by atoms with van der Waals surface area (Å²) in [7, 11) is 1.71. The van der Waals surface area contributed by atoms with Gasteiger partial charge in [-0.15, -0.1) is 0 Å². The van der Waals surface area contributed by atoms with Crippen molar-refractivity contribution in [2.24, 2.45) is 16.9 Å². The maximum absolute atomic E-state index is 6.49. The van der Waals surface area contributed by atoms with Gasteiger partial charge in [0.15, 0.2) is 0 Å². The smallest absolute Gasteiger partial charge is 0.123 e. The Kier molecular flexibility index (Phi) is 4.16. The molecule has 2 rings (SSSR count). The molecule has 0 spiro atoms. The van der Waals surface area contributed by atoms with E-state index in [1.54, 1.807) is 7.11 Å². The van der Waals surface area contributed by atoms with E-state index in [-0.39, 0.29) is 11.5 Å². The fourth-order valence-electron chi connectivity index (χ4n) is 2.95. The number of methoxy groups -OCH3 is 1. The quantitative estimate of drug-likeness (QED) is 0.857. The van der Waals surface area contributed by atoms with E-state index >= 15 is 0 Å². The summed E-state index contributed by atoms with van der Waals surface area (Å²) in [6.07, 6.45) is 3.48. The van der Waals surface area contributed by atoms with Crippen molar-refractivity contribution in [1.29, 1.82) is 0 Å². The van der Waals surface area contributed by atoms with Crippen LogP contribution < -0.4 is 16.2 Å². The van der Waals surface area contributed by atoms with Gasteiger partial charge in [-0.2, -0.15) is 0 Å². The maximum atomic E-state index is 6.49. The van der Waals surface area contributed by atoms with Crippen LogP contribution in [0.3, 0.4) is 0 Å². The molecule has 1 unspecified atom stereocenters. The van der Waals surface area contributed by atoms with Gasteiger partial charge >= 0.3 is 0 Å². The summed E-state index contributed by atoms with van der Waals surface area (Å²) in [5.41, 5.74) is 14.9. The third-order valence-electron chi connectivity index (χ3n) is 4.67. The Bertz CT molecular complexity index is 433. The lowest BCUT2D eigenvalue weighted by atomic mass is 9.62. The fourth-order valence-corrected chi connectivity index (χ4v) is 2.95. The average Bonchev–Trinajstić information content (AvgIpc) is 2.37. The summed E-state index contributed by atoms with van der Waals surface area (Å²) in [5.74, 6) is 1.39. The molecule has 1 aromatic carbocycles. The first-order valence-electron chi connectivity index (χ1n) is 7.17. The van der Waals surface area contributed by atoms with Crippen LogP contribution in [-0.4, -0.2) is 13.7 Å². The number of ether oxygens (including phenoxy) is 1. The number of hydrogen-bond acceptors (Lipinski definition) is 3. The van der Waals surface area contributed by atoms with Crippen LogP contribution in [0.5, 0.6) is 5.75 Å². The molecule has 1 aliphatic rings. The Balaban J connectivity index is 2.33. The van der Waals surface area contributed by atoms with Crippen LogP contribution in [-0.2, 0) is 0 Å². The average molecular weight is 262 g/mol. The molecule has 3 nitrogen and oxygen atoms in total. The van der Waals surface area contributed by atoms with Crippen molar-refractivity contribution in [2.75, 3.05) is 13.7 Å². The fraction of sp³-hybridized carbons (Fsp3) is 0.625. The summed E-state index contributed by atoms with van der Waals surface area (Å²) >= 11 is 0. The van der Waals surface area contributed by atoms with Gasteiger partial charge in [0.05, 0.1) is 7.11 Å². The molecule has 1 aromatic rings. The molecule has 0 aliphatic heterocycles. The Hall–Kier alpha value is -1.06. The van der Waals surface area contributed by atoms with Gasteiger partial charge in [-0.25, -0.2) is 0 Å². The highest BCUT2D eigenvalue weighted by Gasteiger charge is 2.42. The summed E-state index contributed by atoms with van der Waals surface area (Å²) in [5, 5.41) is 0. The third-order valence-corrected chi connectivity index (χ3v) is 4.67. The Morgan fingerprint density at radius 3 is 2.42 bits per heavy atom. The summed E-state index contributed by atoms with van der Waals surface area (Å²) < 4.78 is 5.54. The molecule has 0 bridgehead atoms. The molecule has 0 saturated heterocycles. The number of nitrogens with two attached hydrogens (primary N) is 2. The van der Waals surface area contributed by atoms with Crippen LogP contribution in [0.25, 0.3) is 0 Å². The van der Waals surface area contributed by atoms with Gasteiger partial charge < -0.3 is 16.2 Å². The lowest BCUT2D eigenvalue weighted by molar-refractivity contribution is 0.103. The Morgan fingerprint density at radius 2 is 2.00 bits per heavy atom. The summed E-state index contributed by atoms with van der Waals surface area (Å²) in [4.78, 5) is 0. The van der Waals surface area contributed by atoms with Crippen LogP contribution in [0.15, 0.2) is 18.2 Å². The third kappa shape index (κ3) is 2.49. The van der Waals surface area contributed by atoms with Crippen molar-refractivity contribution in [3.05, 3.63) is 29.3 Å². The van der Waals surface area contributed by atoms with E-state index in [1.807, 2.05) is 0 Å². The second kappa shape index (κ2) is 5.51. The van der Waals surface area contributed by atoms with Crippen molar-refractivity contribution in [3.8, 4) is 5.75 Å². The van der Waals surface area contributed by atoms with E-state index < -0.39 is 0 Å². The van der Waals surface area contributed by atoms with Gasteiger partial charge in [0.1, 0.15) is 5.75 Å². The SMILES string of the molecule is COc1cc(C(C)C)ccc1C(N)C1(CN)CCC1. The molecule has 1 fully saturated rings. The summed E-state index contributed by atoms with van der Waals surface area (Å²) in [6.45, 7) is 5.02. The molecule has 1 saturated carbocycles. The van der Waals surface area contributed by atoms with Crippen LogP contribution in [0.2, 0.25) is 0 Å². The minimum absolute atomic E-state index is 0.0255. The van der Waals surface area contributed by atoms with Crippen LogP contribution >= 0.6 is 0 Å². The molecule has 1 aliphatic carbocycles. The van der Waals surface area contributed by atoms with Crippen molar-refractivity contribution in [1.82, 2.24) is 0 Å². The van der Waals surface area contributed by atoms with E-state index in [1.165, 1.54) is 12.0 Å². The number of hydrogen-bond donors (Lipinski definition) is 2. The molecule has 19 heavy (non-hydrogen) atoms. The highest BCUT2D eigenvalue weighted by molar-refractivity contribution is 5.41. The van der Waals surface area contributed by atoms with Crippen molar-refractivity contribution in [2.45, 2.75) is 45.1 Å². The number of benzene rings is 1. The maximum Gasteiger partial charge on any atom is 0.123 e. The lowest BCUT2D eigenvalue weighted by Crippen LogP contribution is -2.46. The molecule has 0 heterocycles. The molecule has 0 radical (unpaired) electrons. The normalized spacial score (nSPS) is 19.1. The first kappa shape index (κ1) is 14.4. The van der Waals surface area contributed by atoms with E-state index in [0.29, 0.717) is 12.5 Å². The van der Waals surface area contributed by atoms with Gasteiger partial charge in [-0.3, -0.25) is 0 Å². The minimum atomic E-state index is -0.0255.